The molecule has 1 heterocycles. The number of ether oxygens (including phenoxy) is 2. The van der Waals surface area contributed by atoms with Crippen molar-refractivity contribution in [2.45, 2.75) is 6.54 Å². The van der Waals surface area contributed by atoms with Crippen molar-refractivity contribution >= 4 is 41.1 Å². The molecular weight excluding hydrogens is 407 g/mol. The summed E-state index contributed by atoms with van der Waals surface area (Å²) in [5.41, 5.74) is 1.07. The third-order valence-corrected chi connectivity index (χ3v) is 4.54. The molecule has 146 valence electrons. The van der Waals surface area contributed by atoms with E-state index in [9.17, 15) is 14.4 Å². The van der Waals surface area contributed by atoms with E-state index in [0.717, 1.165) is 10.5 Å². The molecule has 28 heavy (non-hydrogen) atoms. The highest BCUT2D eigenvalue weighted by Gasteiger charge is 2.28. The summed E-state index contributed by atoms with van der Waals surface area (Å²) in [5, 5.41) is 3.20. The predicted molar refractivity (Wildman–Crippen MR) is 103 cm³/mol. The van der Waals surface area contributed by atoms with E-state index in [4.69, 9.17) is 32.7 Å². The summed E-state index contributed by atoms with van der Waals surface area (Å²) in [6.45, 7) is 0.265. The Morgan fingerprint density at radius 3 is 2.32 bits per heavy atom. The maximum Gasteiger partial charge on any atom is 0.338 e. The topological polar surface area (TPSA) is 84.9 Å². The van der Waals surface area contributed by atoms with Crippen LogP contribution in [0.1, 0.15) is 15.9 Å². The number of para-hydroxylation sites is 1. The minimum absolute atomic E-state index is 0.00468. The number of hydrogen-bond donors (Lipinski definition) is 1. The number of benzene rings is 2. The second-order valence-electron chi connectivity index (χ2n) is 5.87. The van der Waals surface area contributed by atoms with Gasteiger partial charge >= 0.3 is 12.0 Å². The molecule has 1 N–H and O–H groups in total. The molecule has 0 aliphatic carbocycles. The van der Waals surface area contributed by atoms with Crippen LogP contribution in [-0.2, 0) is 16.1 Å². The van der Waals surface area contributed by atoms with Gasteiger partial charge in [-0.2, -0.15) is 0 Å². The molecule has 0 unspecified atom stereocenters. The van der Waals surface area contributed by atoms with Crippen LogP contribution >= 0.6 is 23.2 Å². The Hall–Kier alpha value is -2.77. The van der Waals surface area contributed by atoms with E-state index in [1.54, 1.807) is 42.5 Å². The van der Waals surface area contributed by atoms with Crippen LogP contribution in [0, 0.1) is 0 Å². The summed E-state index contributed by atoms with van der Waals surface area (Å²) in [6, 6.07) is 11.0. The van der Waals surface area contributed by atoms with Gasteiger partial charge in [0.2, 0.25) is 5.91 Å². The van der Waals surface area contributed by atoms with Crippen LogP contribution in [0.5, 0.6) is 5.75 Å². The third kappa shape index (κ3) is 4.74. The Labute approximate surface area is 171 Å². The average molecular weight is 423 g/mol. The maximum atomic E-state index is 12.1. The Morgan fingerprint density at radius 1 is 1.04 bits per heavy atom. The van der Waals surface area contributed by atoms with Crippen molar-refractivity contribution < 1.29 is 23.9 Å². The number of amides is 3. The first-order chi connectivity index (χ1) is 13.5. The fraction of sp³-hybridized carbons (Fsp3) is 0.211. The number of nitrogens with one attached hydrogen (secondary N) is 1. The Morgan fingerprint density at radius 2 is 1.71 bits per heavy atom. The standard InChI is InChI=1S/C19H16Cl2N2O5/c20-14-2-1-3-15(21)17(14)27-8-9-28-18(25)13-6-4-12(5-7-13)11-23-16(24)10-22-19(23)26/h1-7H,8-11H2,(H,22,26). The lowest BCUT2D eigenvalue weighted by Gasteiger charge is -2.12. The first kappa shape index (κ1) is 20.0. The number of urea groups is 1. The normalized spacial score (nSPS) is 13.4. The van der Waals surface area contributed by atoms with E-state index in [2.05, 4.69) is 5.32 Å². The zero-order valence-corrected chi connectivity index (χ0v) is 16.1. The van der Waals surface area contributed by atoms with Crippen molar-refractivity contribution in [2.24, 2.45) is 0 Å². The summed E-state index contributed by atoms with van der Waals surface area (Å²) >= 11 is 12.0. The first-order valence-electron chi connectivity index (χ1n) is 8.37. The SMILES string of the molecule is O=C(OCCOc1c(Cl)cccc1Cl)c1ccc(CN2C(=O)CNC2=O)cc1. The minimum atomic E-state index is -0.518. The van der Waals surface area contributed by atoms with Crippen molar-refractivity contribution in [3.05, 3.63) is 63.6 Å². The molecule has 0 bridgehead atoms. The number of rotatable bonds is 7. The smallest absolute Gasteiger partial charge is 0.338 e. The molecular formula is C19H16Cl2N2O5. The van der Waals surface area contributed by atoms with Gasteiger partial charge in [0.25, 0.3) is 0 Å². The molecule has 0 spiro atoms. The Balaban J connectivity index is 1.48. The van der Waals surface area contributed by atoms with Crippen LogP contribution < -0.4 is 10.1 Å². The van der Waals surface area contributed by atoms with E-state index < -0.39 is 12.0 Å². The predicted octanol–water partition coefficient (Wildman–Crippen LogP) is 3.28. The lowest BCUT2D eigenvalue weighted by Crippen LogP contribution is -2.30. The van der Waals surface area contributed by atoms with Gasteiger partial charge in [0, 0.05) is 0 Å². The lowest BCUT2D eigenvalue weighted by atomic mass is 10.1. The molecule has 2 aromatic rings. The quantitative estimate of drug-likeness (QED) is 0.420. The third-order valence-electron chi connectivity index (χ3n) is 3.95. The second kappa shape index (κ2) is 8.95. The summed E-state index contributed by atoms with van der Waals surface area (Å²) in [4.78, 5) is 36.3. The fourth-order valence-corrected chi connectivity index (χ4v) is 3.03. The molecule has 1 aliphatic heterocycles. The van der Waals surface area contributed by atoms with Gasteiger partial charge in [0.15, 0.2) is 5.75 Å². The summed E-state index contributed by atoms with van der Waals surface area (Å²) in [5.74, 6) is -0.464. The maximum absolute atomic E-state index is 12.1. The molecule has 7 nitrogen and oxygen atoms in total. The monoisotopic (exact) mass is 422 g/mol. The molecule has 3 rings (SSSR count). The number of halogens is 2. The van der Waals surface area contributed by atoms with Gasteiger partial charge in [-0.3, -0.25) is 9.69 Å². The number of hydrogen-bond acceptors (Lipinski definition) is 5. The molecule has 0 radical (unpaired) electrons. The number of carbonyl (C=O) groups excluding carboxylic acids is 3. The van der Waals surface area contributed by atoms with Gasteiger partial charge < -0.3 is 14.8 Å². The molecule has 9 heteroatoms. The van der Waals surface area contributed by atoms with Gasteiger partial charge in [-0.05, 0) is 29.8 Å². The van der Waals surface area contributed by atoms with E-state index in [0.29, 0.717) is 21.4 Å². The van der Waals surface area contributed by atoms with Crippen molar-refractivity contribution in [1.82, 2.24) is 10.2 Å². The molecule has 3 amide bonds. The average Bonchev–Trinajstić information content (AvgIpc) is 2.99. The number of esters is 1. The number of carbonyl (C=O) groups is 3. The second-order valence-corrected chi connectivity index (χ2v) is 6.69. The zero-order valence-electron chi connectivity index (χ0n) is 14.6. The first-order valence-corrected chi connectivity index (χ1v) is 9.12. The van der Waals surface area contributed by atoms with Gasteiger partial charge in [-0.15, -0.1) is 0 Å². The van der Waals surface area contributed by atoms with E-state index in [-0.39, 0.29) is 32.2 Å². The van der Waals surface area contributed by atoms with Gasteiger partial charge in [0.1, 0.15) is 13.2 Å². The van der Waals surface area contributed by atoms with Crippen molar-refractivity contribution in [2.75, 3.05) is 19.8 Å². The van der Waals surface area contributed by atoms with Gasteiger partial charge in [-0.25, -0.2) is 9.59 Å². The van der Waals surface area contributed by atoms with Crippen molar-refractivity contribution in [1.29, 1.82) is 0 Å². The van der Waals surface area contributed by atoms with Crippen LogP contribution in [0.4, 0.5) is 4.79 Å². The molecule has 0 saturated carbocycles. The van der Waals surface area contributed by atoms with Crippen LogP contribution in [0.25, 0.3) is 0 Å². The minimum Gasteiger partial charge on any atom is -0.487 e. The summed E-state index contributed by atoms with van der Waals surface area (Å²) < 4.78 is 10.6. The van der Waals surface area contributed by atoms with Crippen LogP contribution in [0.3, 0.4) is 0 Å². The van der Waals surface area contributed by atoms with E-state index in [1.807, 2.05) is 0 Å². The summed E-state index contributed by atoms with van der Waals surface area (Å²) in [7, 11) is 0. The Kier molecular flexibility index (Phi) is 6.38. The Bertz CT molecular complexity index is 865. The highest BCUT2D eigenvalue weighted by molar-refractivity contribution is 6.37. The molecule has 1 fully saturated rings. The number of nitrogens with zero attached hydrogens (tertiary/aromatic N) is 1. The molecule has 1 saturated heterocycles. The molecule has 0 atom stereocenters. The fourth-order valence-electron chi connectivity index (χ4n) is 2.53. The molecule has 0 aromatic heterocycles. The molecule has 1 aliphatic rings. The number of imide groups is 1. The zero-order chi connectivity index (χ0) is 20.1. The van der Waals surface area contributed by atoms with Crippen LogP contribution in [0.15, 0.2) is 42.5 Å². The van der Waals surface area contributed by atoms with Crippen molar-refractivity contribution in [3.8, 4) is 5.75 Å². The van der Waals surface area contributed by atoms with Gasteiger partial charge in [0.05, 0.1) is 28.7 Å². The van der Waals surface area contributed by atoms with Crippen LogP contribution in [0.2, 0.25) is 10.0 Å². The summed E-state index contributed by atoms with van der Waals surface area (Å²) in [6.07, 6.45) is 0. The van der Waals surface area contributed by atoms with Crippen LogP contribution in [-0.4, -0.2) is 42.6 Å². The van der Waals surface area contributed by atoms with E-state index >= 15 is 0 Å². The molecule has 2 aromatic carbocycles. The lowest BCUT2D eigenvalue weighted by molar-refractivity contribution is -0.125. The highest BCUT2D eigenvalue weighted by atomic mass is 35.5. The largest absolute Gasteiger partial charge is 0.487 e. The van der Waals surface area contributed by atoms with Gasteiger partial charge in [-0.1, -0.05) is 41.4 Å². The van der Waals surface area contributed by atoms with Crippen molar-refractivity contribution in [3.63, 3.8) is 0 Å². The highest BCUT2D eigenvalue weighted by Crippen LogP contribution is 2.32. The van der Waals surface area contributed by atoms with E-state index in [1.165, 1.54) is 0 Å².